The Kier molecular flexibility index (Phi) is 4.95. The predicted octanol–water partition coefficient (Wildman–Crippen LogP) is 3.47. The third-order valence-electron chi connectivity index (χ3n) is 2.58. The second-order valence-electron chi connectivity index (χ2n) is 4.60. The van der Waals surface area contributed by atoms with Gasteiger partial charge < -0.3 is 4.74 Å². The van der Waals surface area contributed by atoms with E-state index in [0.29, 0.717) is 12.5 Å². The SMILES string of the molecule is C=C(COC(C)=O)Cc1ccc(C(C)C)cc1. The van der Waals surface area contributed by atoms with Gasteiger partial charge in [0.2, 0.25) is 0 Å². The minimum absolute atomic E-state index is 0.263. The Labute approximate surface area is 103 Å². The molecular weight excluding hydrogens is 212 g/mol. The van der Waals surface area contributed by atoms with Crippen LogP contribution in [0.15, 0.2) is 36.4 Å². The average molecular weight is 232 g/mol. The molecule has 1 aromatic carbocycles. The molecule has 2 heteroatoms. The largest absolute Gasteiger partial charge is 0.461 e. The van der Waals surface area contributed by atoms with Crippen molar-refractivity contribution in [3.63, 3.8) is 0 Å². The molecule has 0 fully saturated rings. The van der Waals surface area contributed by atoms with Crippen molar-refractivity contribution < 1.29 is 9.53 Å². The molecule has 0 saturated heterocycles. The predicted molar refractivity (Wildman–Crippen MR) is 70.0 cm³/mol. The molecule has 0 bridgehead atoms. The van der Waals surface area contributed by atoms with Crippen LogP contribution in [0.1, 0.15) is 37.8 Å². The number of benzene rings is 1. The second kappa shape index (κ2) is 6.24. The molecule has 1 rings (SSSR count). The molecule has 0 radical (unpaired) electrons. The van der Waals surface area contributed by atoms with Gasteiger partial charge in [-0.2, -0.15) is 0 Å². The minimum Gasteiger partial charge on any atom is -0.461 e. The lowest BCUT2D eigenvalue weighted by molar-refractivity contribution is -0.140. The van der Waals surface area contributed by atoms with Gasteiger partial charge in [-0.05, 0) is 29.0 Å². The first-order valence-electron chi connectivity index (χ1n) is 5.88. The summed E-state index contributed by atoms with van der Waals surface area (Å²) in [5.74, 6) is 0.287. The van der Waals surface area contributed by atoms with E-state index < -0.39 is 0 Å². The van der Waals surface area contributed by atoms with E-state index in [9.17, 15) is 4.79 Å². The zero-order chi connectivity index (χ0) is 12.8. The third-order valence-corrected chi connectivity index (χ3v) is 2.58. The van der Waals surface area contributed by atoms with Gasteiger partial charge in [0.05, 0.1) is 0 Å². The van der Waals surface area contributed by atoms with E-state index in [1.54, 1.807) is 0 Å². The smallest absolute Gasteiger partial charge is 0.302 e. The van der Waals surface area contributed by atoms with Crippen molar-refractivity contribution in [2.75, 3.05) is 6.61 Å². The van der Waals surface area contributed by atoms with E-state index in [1.807, 2.05) is 0 Å². The van der Waals surface area contributed by atoms with Crippen molar-refractivity contribution in [2.24, 2.45) is 0 Å². The minimum atomic E-state index is -0.263. The van der Waals surface area contributed by atoms with Crippen LogP contribution in [0, 0.1) is 0 Å². The Morgan fingerprint density at radius 2 is 1.88 bits per heavy atom. The Balaban J connectivity index is 2.51. The molecule has 0 unspecified atom stereocenters. The maximum Gasteiger partial charge on any atom is 0.302 e. The maximum absolute atomic E-state index is 10.7. The van der Waals surface area contributed by atoms with Gasteiger partial charge in [-0.3, -0.25) is 4.79 Å². The van der Waals surface area contributed by atoms with Gasteiger partial charge in [-0.15, -0.1) is 0 Å². The third kappa shape index (κ3) is 4.85. The molecule has 0 N–H and O–H groups in total. The van der Waals surface area contributed by atoms with Gasteiger partial charge in [0.1, 0.15) is 6.61 Å². The average Bonchev–Trinajstić information content (AvgIpc) is 2.27. The van der Waals surface area contributed by atoms with Crippen LogP contribution in [0.2, 0.25) is 0 Å². The van der Waals surface area contributed by atoms with E-state index in [4.69, 9.17) is 4.74 Å². The number of carbonyl (C=O) groups excluding carboxylic acids is 1. The molecular formula is C15H20O2. The van der Waals surface area contributed by atoms with Crippen molar-refractivity contribution >= 4 is 5.97 Å². The van der Waals surface area contributed by atoms with Gasteiger partial charge in [0.15, 0.2) is 0 Å². The molecule has 2 nitrogen and oxygen atoms in total. The van der Waals surface area contributed by atoms with E-state index in [1.165, 1.54) is 18.1 Å². The Morgan fingerprint density at radius 1 is 1.29 bits per heavy atom. The number of ether oxygens (including phenoxy) is 1. The van der Waals surface area contributed by atoms with Crippen LogP contribution in [0.5, 0.6) is 0 Å². The lowest BCUT2D eigenvalue weighted by Gasteiger charge is -2.08. The van der Waals surface area contributed by atoms with E-state index >= 15 is 0 Å². The molecule has 0 aromatic heterocycles. The quantitative estimate of drug-likeness (QED) is 0.574. The van der Waals surface area contributed by atoms with Gasteiger partial charge >= 0.3 is 5.97 Å². The molecule has 0 atom stereocenters. The highest BCUT2D eigenvalue weighted by molar-refractivity contribution is 5.66. The maximum atomic E-state index is 10.7. The van der Waals surface area contributed by atoms with E-state index in [-0.39, 0.29) is 5.97 Å². The molecule has 0 aliphatic heterocycles. The van der Waals surface area contributed by atoms with E-state index in [2.05, 4.69) is 44.7 Å². The normalized spacial score (nSPS) is 10.4. The monoisotopic (exact) mass is 232 g/mol. The number of hydrogen-bond donors (Lipinski definition) is 0. The molecule has 0 saturated carbocycles. The van der Waals surface area contributed by atoms with Crippen LogP contribution in [0.25, 0.3) is 0 Å². The summed E-state index contributed by atoms with van der Waals surface area (Å²) in [5, 5.41) is 0. The standard InChI is InChI=1S/C15H20O2/c1-11(2)15-7-5-14(6-8-15)9-12(3)10-17-13(4)16/h5-8,11H,3,9-10H2,1-2,4H3. The number of rotatable bonds is 5. The van der Waals surface area contributed by atoms with Crippen molar-refractivity contribution in [2.45, 2.75) is 33.1 Å². The van der Waals surface area contributed by atoms with Crippen molar-refractivity contribution in [1.29, 1.82) is 0 Å². The molecule has 17 heavy (non-hydrogen) atoms. The number of hydrogen-bond acceptors (Lipinski definition) is 2. The zero-order valence-corrected chi connectivity index (χ0v) is 10.8. The number of carbonyl (C=O) groups is 1. The molecule has 0 aliphatic carbocycles. The highest BCUT2D eigenvalue weighted by Gasteiger charge is 2.02. The highest BCUT2D eigenvalue weighted by Crippen LogP contribution is 2.16. The van der Waals surface area contributed by atoms with Crippen LogP contribution in [-0.2, 0) is 16.0 Å². The van der Waals surface area contributed by atoms with Crippen LogP contribution < -0.4 is 0 Å². The first-order valence-corrected chi connectivity index (χ1v) is 5.88. The van der Waals surface area contributed by atoms with Crippen LogP contribution >= 0.6 is 0 Å². The second-order valence-corrected chi connectivity index (χ2v) is 4.60. The summed E-state index contributed by atoms with van der Waals surface area (Å²) < 4.78 is 4.90. The van der Waals surface area contributed by atoms with Crippen molar-refractivity contribution in [3.8, 4) is 0 Å². The Bertz CT molecular complexity index is 388. The fourth-order valence-electron chi connectivity index (χ4n) is 1.56. The topological polar surface area (TPSA) is 26.3 Å². The fourth-order valence-corrected chi connectivity index (χ4v) is 1.56. The van der Waals surface area contributed by atoms with Gasteiger partial charge in [-0.25, -0.2) is 0 Å². The van der Waals surface area contributed by atoms with Gasteiger partial charge in [0, 0.05) is 6.92 Å². The zero-order valence-electron chi connectivity index (χ0n) is 10.8. The summed E-state index contributed by atoms with van der Waals surface area (Å²) in [7, 11) is 0. The molecule has 92 valence electrons. The highest BCUT2D eigenvalue weighted by atomic mass is 16.5. The first-order chi connectivity index (χ1) is 7.99. The summed E-state index contributed by atoms with van der Waals surface area (Å²) in [5.41, 5.74) is 3.45. The molecule has 0 spiro atoms. The lowest BCUT2D eigenvalue weighted by Crippen LogP contribution is -2.04. The van der Waals surface area contributed by atoms with Crippen LogP contribution in [0.4, 0.5) is 0 Å². The van der Waals surface area contributed by atoms with Crippen LogP contribution in [0.3, 0.4) is 0 Å². The Morgan fingerprint density at radius 3 is 2.35 bits per heavy atom. The summed E-state index contributed by atoms with van der Waals surface area (Å²) in [6.07, 6.45) is 0.756. The van der Waals surface area contributed by atoms with Crippen molar-refractivity contribution in [1.82, 2.24) is 0 Å². The Hall–Kier alpha value is -1.57. The number of esters is 1. The molecule has 0 heterocycles. The first kappa shape index (κ1) is 13.5. The lowest BCUT2D eigenvalue weighted by atomic mass is 9.99. The summed E-state index contributed by atoms with van der Waals surface area (Å²) in [6, 6.07) is 8.49. The van der Waals surface area contributed by atoms with Gasteiger partial charge in [-0.1, -0.05) is 44.7 Å². The fraction of sp³-hybridized carbons (Fsp3) is 0.400. The molecule has 1 aromatic rings. The van der Waals surface area contributed by atoms with E-state index in [0.717, 1.165) is 12.0 Å². The van der Waals surface area contributed by atoms with Gasteiger partial charge in [0.25, 0.3) is 0 Å². The molecule has 0 aliphatic rings. The molecule has 0 amide bonds. The summed E-state index contributed by atoms with van der Waals surface area (Å²) in [6.45, 7) is 9.97. The summed E-state index contributed by atoms with van der Waals surface area (Å²) in [4.78, 5) is 10.7. The van der Waals surface area contributed by atoms with Crippen LogP contribution in [-0.4, -0.2) is 12.6 Å². The summed E-state index contributed by atoms with van der Waals surface area (Å²) >= 11 is 0. The van der Waals surface area contributed by atoms with Crippen molar-refractivity contribution in [3.05, 3.63) is 47.5 Å².